The van der Waals surface area contributed by atoms with Crippen LogP contribution in [0.1, 0.15) is 82.5 Å². The third-order valence-corrected chi connectivity index (χ3v) is 10.8. The second kappa shape index (κ2) is 8.46. The van der Waals surface area contributed by atoms with E-state index in [2.05, 4.69) is 36.4 Å². The Morgan fingerprint density at radius 1 is 1.06 bits per heavy atom. The molecule has 0 saturated heterocycles. The number of Topliss-reactive ketones (excluding diaryl/α,β-unsaturated/α-hetero) is 2. The zero-order valence-corrected chi connectivity index (χ0v) is 22.1. The van der Waals surface area contributed by atoms with E-state index < -0.39 is 0 Å². The van der Waals surface area contributed by atoms with Gasteiger partial charge in [0.1, 0.15) is 17.7 Å². The number of ketones is 2. The molecule has 0 N–H and O–H groups in total. The minimum atomic E-state index is -0.235. The Hall–Kier alpha value is -1.24. The van der Waals surface area contributed by atoms with E-state index in [-0.39, 0.29) is 40.5 Å². The highest BCUT2D eigenvalue weighted by molar-refractivity contribution is 14.1. The SMILES string of the molecule is CC(=O)C1CCC2C3CC[C@H]4C[C@H](OC(=O)c5cccc(I)c5)CC[C@]4(C)C3C(=O)C[C@]12C. The van der Waals surface area contributed by atoms with Crippen LogP contribution in [-0.4, -0.2) is 23.6 Å². The van der Waals surface area contributed by atoms with Crippen molar-refractivity contribution in [3.05, 3.63) is 33.4 Å². The average Bonchev–Trinajstić information content (AvgIpc) is 3.10. The fraction of sp³-hybridized carbons (Fsp3) is 0.679. The molecule has 0 amide bonds. The van der Waals surface area contributed by atoms with E-state index in [1.54, 1.807) is 6.92 Å². The van der Waals surface area contributed by atoms with Crippen LogP contribution in [0.25, 0.3) is 0 Å². The number of fused-ring (bicyclic) bond motifs is 5. The van der Waals surface area contributed by atoms with Gasteiger partial charge in [0.2, 0.25) is 0 Å². The van der Waals surface area contributed by atoms with Gasteiger partial charge < -0.3 is 4.74 Å². The molecule has 0 bridgehead atoms. The maximum absolute atomic E-state index is 13.7. The highest BCUT2D eigenvalue weighted by Gasteiger charge is 2.63. The van der Waals surface area contributed by atoms with Gasteiger partial charge >= 0.3 is 5.97 Å². The van der Waals surface area contributed by atoms with Gasteiger partial charge in [-0.3, -0.25) is 9.59 Å². The maximum Gasteiger partial charge on any atom is 0.338 e. The van der Waals surface area contributed by atoms with Crippen molar-refractivity contribution in [1.29, 1.82) is 0 Å². The van der Waals surface area contributed by atoms with Crippen LogP contribution in [0.3, 0.4) is 0 Å². The maximum atomic E-state index is 13.7. The molecule has 1 aromatic carbocycles. The molecule has 1 aromatic rings. The van der Waals surface area contributed by atoms with Crippen molar-refractivity contribution in [2.75, 3.05) is 0 Å². The number of benzene rings is 1. The molecule has 5 rings (SSSR count). The Morgan fingerprint density at radius 3 is 2.58 bits per heavy atom. The second-order valence-corrected chi connectivity index (χ2v) is 13.0. The normalized spacial score (nSPS) is 42.1. The molecular weight excluding hydrogens is 527 g/mol. The molecule has 4 aliphatic carbocycles. The highest BCUT2D eigenvalue weighted by atomic mass is 127. The number of rotatable bonds is 3. The van der Waals surface area contributed by atoms with Crippen LogP contribution >= 0.6 is 22.6 Å². The minimum absolute atomic E-state index is 0.0132. The van der Waals surface area contributed by atoms with Crippen LogP contribution < -0.4 is 0 Å². The van der Waals surface area contributed by atoms with Crippen LogP contribution in [0.15, 0.2) is 24.3 Å². The molecule has 0 spiro atoms. The van der Waals surface area contributed by atoms with Crippen molar-refractivity contribution in [2.45, 2.75) is 78.2 Å². The summed E-state index contributed by atoms with van der Waals surface area (Å²) in [6, 6.07) is 7.54. The van der Waals surface area contributed by atoms with Gasteiger partial charge in [0, 0.05) is 21.8 Å². The van der Waals surface area contributed by atoms with E-state index in [1.165, 1.54) is 0 Å². The Kier molecular flexibility index (Phi) is 6.02. The van der Waals surface area contributed by atoms with E-state index in [0.29, 0.717) is 35.5 Å². The average molecular weight is 562 g/mol. The van der Waals surface area contributed by atoms with Gasteiger partial charge in [0.25, 0.3) is 0 Å². The van der Waals surface area contributed by atoms with Gasteiger partial charge in [0.05, 0.1) is 5.56 Å². The van der Waals surface area contributed by atoms with E-state index in [0.717, 1.165) is 48.5 Å². The quantitative estimate of drug-likeness (QED) is 0.323. The summed E-state index contributed by atoms with van der Waals surface area (Å²) in [6.07, 6.45) is 7.33. The monoisotopic (exact) mass is 562 g/mol. The van der Waals surface area contributed by atoms with Crippen LogP contribution in [0.4, 0.5) is 0 Å². The summed E-state index contributed by atoms with van der Waals surface area (Å²) in [5, 5.41) is 0. The molecular formula is C28H35IO4. The van der Waals surface area contributed by atoms with E-state index in [9.17, 15) is 14.4 Å². The van der Waals surface area contributed by atoms with Crippen LogP contribution in [0.2, 0.25) is 0 Å². The standard InChI is InChI=1S/C28H35IO4/c1-16(30)22-9-10-23-21-8-7-18-14-20(33-26(32)17-5-4-6-19(29)13-17)11-12-27(18,2)25(21)24(31)15-28(22,23)3/h4-6,13,18,20-23,25H,7-12,14-15H2,1-3H3/t18-,20+,21?,22?,23?,25?,27-,28+/m0/s1. The summed E-state index contributed by atoms with van der Waals surface area (Å²) in [5.41, 5.74) is 0.454. The zero-order valence-electron chi connectivity index (χ0n) is 19.9. The molecule has 4 unspecified atom stereocenters. The Bertz CT molecular complexity index is 988. The Balaban J connectivity index is 1.32. The lowest BCUT2D eigenvalue weighted by Gasteiger charge is -2.59. The molecule has 0 heterocycles. The van der Waals surface area contributed by atoms with Crippen LogP contribution in [-0.2, 0) is 14.3 Å². The smallest absolute Gasteiger partial charge is 0.338 e. The van der Waals surface area contributed by atoms with Gasteiger partial charge in [-0.2, -0.15) is 0 Å². The lowest BCUT2D eigenvalue weighted by molar-refractivity contribution is -0.162. The number of halogens is 1. The molecule has 8 atom stereocenters. The van der Waals surface area contributed by atoms with Crippen LogP contribution in [0, 0.1) is 44.0 Å². The first-order valence-electron chi connectivity index (χ1n) is 12.6. The topological polar surface area (TPSA) is 60.4 Å². The highest BCUT2D eigenvalue weighted by Crippen LogP contribution is 2.66. The lowest BCUT2D eigenvalue weighted by Crippen LogP contribution is -2.58. The van der Waals surface area contributed by atoms with Gasteiger partial charge in [0.15, 0.2) is 0 Å². The van der Waals surface area contributed by atoms with Gasteiger partial charge in [-0.15, -0.1) is 0 Å². The van der Waals surface area contributed by atoms with Crippen LogP contribution in [0.5, 0.6) is 0 Å². The van der Waals surface area contributed by atoms with Crippen molar-refractivity contribution in [1.82, 2.24) is 0 Å². The minimum Gasteiger partial charge on any atom is -0.459 e. The third-order valence-electron chi connectivity index (χ3n) is 10.1. The second-order valence-electron chi connectivity index (χ2n) is 11.7. The van der Waals surface area contributed by atoms with E-state index in [1.807, 2.05) is 24.3 Å². The van der Waals surface area contributed by atoms with E-state index in [4.69, 9.17) is 4.74 Å². The molecule has 4 aliphatic rings. The molecule has 4 saturated carbocycles. The summed E-state index contributed by atoms with van der Waals surface area (Å²) >= 11 is 2.21. The van der Waals surface area contributed by atoms with Gasteiger partial charge in [-0.1, -0.05) is 19.9 Å². The summed E-state index contributed by atoms with van der Waals surface area (Å²) in [6.45, 7) is 6.27. The molecule has 33 heavy (non-hydrogen) atoms. The molecule has 0 radical (unpaired) electrons. The molecule has 4 fully saturated rings. The summed E-state index contributed by atoms with van der Waals surface area (Å²) in [7, 11) is 0. The molecule has 0 aromatic heterocycles. The fourth-order valence-electron chi connectivity index (χ4n) is 8.64. The molecule has 178 valence electrons. The number of hydrogen-bond donors (Lipinski definition) is 0. The zero-order chi connectivity index (χ0) is 23.5. The fourth-order valence-corrected chi connectivity index (χ4v) is 9.19. The van der Waals surface area contributed by atoms with Crippen molar-refractivity contribution in [3.8, 4) is 0 Å². The predicted octanol–water partition coefficient (Wildman–Crippen LogP) is 6.24. The summed E-state index contributed by atoms with van der Waals surface area (Å²) in [4.78, 5) is 38.8. The molecule has 4 nitrogen and oxygen atoms in total. The first kappa shape index (κ1) is 23.5. The first-order valence-corrected chi connectivity index (χ1v) is 13.7. The van der Waals surface area contributed by atoms with Crippen molar-refractivity contribution in [2.24, 2.45) is 40.4 Å². The first-order chi connectivity index (χ1) is 15.6. The Morgan fingerprint density at radius 2 is 1.85 bits per heavy atom. The number of ether oxygens (including phenoxy) is 1. The summed E-state index contributed by atoms with van der Waals surface area (Å²) in [5.74, 6) is 1.90. The van der Waals surface area contributed by atoms with Crippen molar-refractivity contribution in [3.63, 3.8) is 0 Å². The van der Waals surface area contributed by atoms with Gasteiger partial charge in [-0.25, -0.2) is 4.79 Å². The third kappa shape index (κ3) is 3.81. The number of carbonyl (C=O) groups is 3. The summed E-state index contributed by atoms with van der Waals surface area (Å²) < 4.78 is 6.98. The number of carbonyl (C=O) groups excluding carboxylic acids is 3. The lowest BCUT2D eigenvalue weighted by atomic mass is 9.44. The largest absolute Gasteiger partial charge is 0.459 e. The van der Waals surface area contributed by atoms with Gasteiger partial charge in [-0.05, 0) is 121 Å². The number of esters is 1. The predicted molar refractivity (Wildman–Crippen MR) is 135 cm³/mol. The molecule has 0 aliphatic heterocycles. The molecule has 5 heteroatoms. The van der Waals surface area contributed by atoms with Crippen molar-refractivity contribution >= 4 is 40.1 Å². The number of hydrogen-bond acceptors (Lipinski definition) is 4. The van der Waals surface area contributed by atoms with E-state index >= 15 is 0 Å². The Labute approximate surface area is 210 Å². The van der Waals surface area contributed by atoms with Crippen molar-refractivity contribution < 1.29 is 19.1 Å².